The fourth-order valence-corrected chi connectivity index (χ4v) is 2.20. The van der Waals surface area contributed by atoms with Gasteiger partial charge in [0.25, 0.3) is 0 Å². The summed E-state index contributed by atoms with van der Waals surface area (Å²) in [5, 5.41) is 0. The number of nitrogens with zero attached hydrogens (tertiary/aromatic N) is 1. The highest BCUT2D eigenvalue weighted by Gasteiger charge is 2.10. The minimum atomic E-state index is -0.297. The van der Waals surface area contributed by atoms with Gasteiger partial charge >= 0.3 is 5.97 Å². The van der Waals surface area contributed by atoms with Gasteiger partial charge in [-0.05, 0) is 40.5 Å². The van der Waals surface area contributed by atoms with Crippen LogP contribution in [0.25, 0.3) is 5.52 Å². The summed E-state index contributed by atoms with van der Waals surface area (Å²) in [4.78, 5) is 11.5. The number of hydrogen-bond acceptors (Lipinski definition) is 2. The molecule has 84 valence electrons. The Kier molecular flexibility index (Phi) is 3.01. The number of aromatic nitrogens is 1. The summed E-state index contributed by atoms with van der Waals surface area (Å²) in [5.74, 6) is -0.297. The predicted molar refractivity (Wildman–Crippen MR) is 65.8 cm³/mol. The molecule has 0 saturated heterocycles. The van der Waals surface area contributed by atoms with Crippen LogP contribution >= 0.6 is 15.9 Å². The van der Waals surface area contributed by atoms with Crippen LogP contribution in [0.4, 0.5) is 0 Å². The number of ether oxygens (including phenoxy) is 1. The molecule has 0 spiro atoms. The van der Waals surface area contributed by atoms with E-state index in [2.05, 4.69) is 27.3 Å². The van der Waals surface area contributed by atoms with Gasteiger partial charge in [-0.15, -0.1) is 0 Å². The second-order valence-corrected chi connectivity index (χ2v) is 4.45. The van der Waals surface area contributed by atoms with Gasteiger partial charge in [-0.2, -0.15) is 0 Å². The van der Waals surface area contributed by atoms with E-state index in [1.54, 1.807) is 0 Å². The van der Waals surface area contributed by atoms with E-state index in [4.69, 9.17) is 4.74 Å². The first-order chi connectivity index (χ1) is 7.65. The SMILES string of the molecule is CCc1cc(C(=O)OC)cc2cc(Br)cn12. The second-order valence-electron chi connectivity index (χ2n) is 3.53. The molecule has 2 heterocycles. The highest BCUT2D eigenvalue weighted by Crippen LogP contribution is 2.20. The number of rotatable bonds is 2. The minimum absolute atomic E-state index is 0.297. The second kappa shape index (κ2) is 4.29. The Labute approximate surface area is 102 Å². The molecule has 2 aromatic heterocycles. The molecule has 0 aromatic carbocycles. The van der Waals surface area contributed by atoms with Crippen LogP contribution in [0.15, 0.2) is 28.9 Å². The molecule has 0 aliphatic carbocycles. The van der Waals surface area contributed by atoms with Crippen molar-refractivity contribution in [1.29, 1.82) is 0 Å². The highest BCUT2D eigenvalue weighted by molar-refractivity contribution is 9.10. The number of pyridine rings is 1. The molecule has 0 fully saturated rings. The van der Waals surface area contributed by atoms with Crippen LogP contribution in [0.2, 0.25) is 0 Å². The Morgan fingerprint density at radius 3 is 2.81 bits per heavy atom. The quantitative estimate of drug-likeness (QED) is 0.793. The van der Waals surface area contributed by atoms with Crippen molar-refractivity contribution in [3.05, 3.63) is 40.1 Å². The average molecular weight is 282 g/mol. The Balaban J connectivity index is 2.67. The van der Waals surface area contributed by atoms with Gasteiger partial charge in [-0.25, -0.2) is 4.79 Å². The lowest BCUT2D eigenvalue weighted by Gasteiger charge is -2.06. The standard InChI is InChI=1S/C12H12BrNO2/c1-3-10-4-8(12(15)16-2)5-11-6-9(13)7-14(10)11/h4-7H,3H2,1-2H3. The lowest BCUT2D eigenvalue weighted by molar-refractivity contribution is 0.0600. The number of fused-ring (bicyclic) bond motifs is 1. The van der Waals surface area contributed by atoms with Crippen molar-refractivity contribution in [3.63, 3.8) is 0 Å². The molecule has 0 N–H and O–H groups in total. The number of hydrogen-bond donors (Lipinski definition) is 0. The van der Waals surface area contributed by atoms with Gasteiger partial charge in [0, 0.05) is 21.9 Å². The third-order valence-corrected chi connectivity index (χ3v) is 2.97. The van der Waals surface area contributed by atoms with E-state index >= 15 is 0 Å². The molecule has 0 bridgehead atoms. The lowest BCUT2D eigenvalue weighted by Crippen LogP contribution is -2.04. The van der Waals surface area contributed by atoms with Crippen LogP contribution in [0, 0.1) is 0 Å². The normalized spacial score (nSPS) is 10.7. The maximum Gasteiger partial charge on any atom is 0.337 e. The van der Waals surface area contributed by atoms with Crippen LogP contribution in [0.3, 0.4) is 0 Å². The lowest BCUT2D eigenvalue weighted by atomic mass is 10.2. The molecule has 2 rings (SSSR count). The molecular formula is C12H12BrNO2. The summed E-state index contributed by atoms with van der Waals surface area (Å²) in [6.45, 7) is 2.06. The van der Waals surface area contributed by atoms with Gasteiger partial charge in [0.2, 0.25) is 0 Å². The first-order valence-electron chi connectivity index (χ1n) is 5.04. The molecule has 0 unspecified atom stereocenters. The van der Waals surface area contributed by atoms with Gasteiger partial charge < -0.3 is 9.14 Å². The first-order valence-corrected chi connectivity index (χ1v) is 5.84. The molecule has 0 amide bonds. The van der Waals surface area contributed by atoms with Gasteiger partial charge in [0.05, 0.1) is 12.7 Å². The third kappa shape index (κ3) is 1.85. The third-order valence-electron chi connectivity index (χ3n) is 2.53. The molecule has 4 heteroatoms. The van der Waals surface area contributed by atoms with Crippen LogP contribution in [-0.2, 0) is 11.2 Å². The van der Waals surface area contributed by atoms with Crippen molar-refractivity contribution < 1.29 is 9.53 Å². The number of carbonyl (C=O) groups excluding carboxylic acids is 1. The largest absolute Gasteiger partial charge is 0.465 e. The minimum Gasteiger partial charge on any atom is -0.465 e. The maximum absolute atomic E-state index is 11.5. The van der Waals surface area contributed by atoms with Crippen LogP contribution < -0.4 is 0 Å². The summed E-state index contributed by atoms with van der Waals surface area (Å²) in [6.07, 6.45) is 2.86. The van der Waals surface area contributed by atoms with Crippen molar-refractivity contribution in [2.24, 2.45) is 0 Å². The average Bonchev–Trinajstić information content (AvgIpc) is 2.66. The number of aryl methyl sites for hydroxylation is 1. The molecular weight excluding hydrogens is 270 g/mol. The van der Waals surface area contributed by atoms with Crippen molar-refractivity contribution in [3.8, 4) is 0 Å². The van der Waals surface area contributed by atoms with Crippen molar-refractivity contribution >= 4 is 27.4 Å². The van der Waals surface area contributed by atoms with E-state index in [1.807, 2.05) is 24.4 Å². The summed E-state index contributed by atoms with van der Waals surface area (Å²) in [5.41, 5.74) is 2.67. The van der Waals surface area contributed by atoms with Gasteiger partial charge in [0.15, 0.2) is 0 Å². The molecule has 0 atom stereocenters. The molecule has 2 aromatic rings. The van der Waals surface area contributed by atoms with Gasteiger partial charge in [-0.1, -0.05) is 6.92 Å². The number of esters is 1. The highest BCUT2D eigenvalue weighted by atomic mass is 79.9. The molecule has 3 nitrogen and oxygen atoms in total. The summed E-state index contributed by atoms with van der Waals surface area (Å²) < 4.78 is 7.80. The predicted octanol–water partition coefficient (Wildman–Crippen LogP) is 3.05. The molecule has 0 saturated carbocycles. The molecule has 16 heavy (non-hydrogen) atoms. The zero-order chi connectivity index (χ0) is 11.7. The fraction of sp³-hybridized carbons (Fsp3) is 0.250. The Bertz CT molecular complexity index is 545. The summed E-state index contributed by atoms with van der Waals surface area (Å²) in [7, 11) is 1.40. The zero-order valence-electron chi connectivity index (χ0n) is 9.16. The topological polar surface area (TPSA) is 30.7 Å². The van der Waals surface area contributed by atoms with Crippen LogP contribution in [0.1, 0.15) is 23.0 Å². The van der Waals surface area contributed by atoms with Crippen LogP contribution in [-0.4, -0.2) is 17.5 Å². The first kappa shape index (κ1) is 11.2. The van der Waals surface area contributed by atoms with Crippen molar-refractivity contribution in [1.82, 2.24) is 4.40 Å². The number of methoxy groups -OCH3 is 1. The van der Waals surface area contributed by atoms with E-state index in [-0.39, 0.29) is 5.97 Å². The maximum atomic E-state index is 11.5. The van der Waals surface area contributed by atoms with E-state index in [0.717, 1.165) is 22.1 Å². The van der Waals surface area contributed by atoms with Gasteiger partial charge in [-0.3, -0.25) is 0 Å². The number of carbonyl (C=O) groups is 1. The van der Waals surface area contributed by atoms with E-state index in [0.29, 0.717) is 5.56 Å². The van der Waals surface area contributed by atoms with Crippen molar-refractivity contribution in [2.75, 3.05) is 7.11 Å². The monoisotopic (exact) mass is 281 g/mol. The van der Waals surface area contributed by atoms with E-state index < -0.39 is 0 Å². The van der Waals surface area contributed by atoms with Crippen LogP contribution in [0.5, 0.6) is 0 Å². The van der Waals surface area contributed by atoms with E-state index in [9.17, 15) is 4.79 Å². The Hall–Kier alpha value is -1.29. The number of halogens is 1. The van der Waals surface area contributed by atoms with Crippen molar-refractivity contribution in [2.45, 2.75) is 13.3 Å². The Morgan fingerprint density at radius 2 is 2.19 bits per heavy atom. The molecule has 0 aliphatic heterocycles. The summed E-state index contributed by atoms with van der Waals surface area (Å²) >= 11 is 3.43. The molecule has 0 radical (unpaired) electrons. The fourth-order valence-electron chi connectivity index (χ4n) is 1.76. The van der Waals surface area contributed by atoms with Gasteiger partial charge in [0.1, 0.15) is 0 Å². The Morgan fingerprint density at radius 1 is 1.44 bits per heavy atom. The van der Waals surface area contributed by atoms with E-state index in [1.165, 1.54) is 7.11 Å². The molecule has 0 aliphatic rings. The zero-order valence-corrected chi connectivity index (χ0v) is 10.7. The summed E-state index contributed by atoms with van der Waals surface area (Å²) in [6, 6.07) is 5.67. The smallest absolute Gasteiger partial charge is 0.337 e.